The highest BCUT2D eigenvalue weighted by molar-refractivity contribution is 5.24. The first-order valence-corrected chi connectivity index (χ1v) is 7.38. The molecule has 1 aliphatic heterocycles. The third-order valence-corrected chi connectivity index (χ3v) is 4.33. The Labute approximate surface area is 111 Å². The van der Waals surface area contributed by atoms with Crippen LogP contribution in [0.25, 0.3) is 0 Å². The van der Waals surface area contributed by atoms with Crippen LogP contribution >= 0.6 is 0 Å². The summed E-state index contributed by atoms with van der Waals surface area (Å²) in [4.78, 5) is 0. The van der Waals surface area contributed by atoms with Crippen LogP contribution < -0.4 is 5.32 Å². The lowest BCUT2D eigenvalue weighted by atomic mass is 9.90. The predicted octanol–water partition coefficient (Wildman–Crippen LogP) is 2.84. The standard InChI is InChI=1S/C15H27N3/c1-5-18-13(4)15(12(3)17-18)7-6-14-10-11(2)8-9-16-14/h11,14,16H,5-10H2,1-4H3. The second-order valence-electron chi connectivity index (χ2n) is 5.78. The minimum absolute atomic E-state index is 0.706. The van der Waals surface area contributed by atoms with E-state index in [1.54, 1.807) is 0 Å². The van der Waals surface area contributed by atoms with Crippen molar-refractivity contribution in [1.82, 2.24) is 15.1 Å². The zero-order valence-electron chi connectivity index (χ0n) is 12.3. The van der Waals surface area contributed by atoms with Gasteiger partial charge in [-0.1, -0.05) is 6.92 Å². The molecule has 1 aromatic rings. The molecule has 2 rings (SSSR count). The summed E-state index contributed by atoms with van der Waals surface area (Å²) in [6.45, 7) is 11.1. The highest BCUT2D eigenvalue weighted by Crippen LogP contribution is 2.21. The third kappa shape index (κ3) is 2.94. The molecule has 0 bridgehead atoms. The van der Waals surface area contributed by atoms with Crippen molar-refractivity contribution in [2.75, 3.05) is 6.54 Å². The van der Waals surface area contributed by atoms with E-state index in [1.165, 1.54) is 49.2 Å². The SMILES string of the molecule is CCn1nc(C)c(CCC2CC(C)CCN2)c1C. The van der Waals surface area contributed by atoms with Gasteiger partial charge in [-0.3, -0.25) is 4.68 Å². The first-order valence-electron chi connectivity index (χ1n) is 7.38. The first-order chi connectivity index (χ1) is 8.61. The summed E-state index contributed by atoms with van der Waals surface area (Å²) in [7, 11) is 0. The molecule has 102 valence electrons. The monoisotopic (exact) mass is 249 g/mol. The summed E-state index contributed by atoms with van der Waals surface area (Å²) < 4.78 is 2.13. The van der Waals surface area contributed by atoms with Crippen LogP contribution in [0.1, 0.15) is 50.1 Å². The van der Waals surface area contributed by atoms with Crippen molar-refractivity contribution < 1.29 is 0 Å². The van der Waals surface area contributed by atoms with Gasteiger partial charge in [0.25, 0.3) is 0 Å². The fourth-order valence-electron chi connectivity index (χ4n) is 3.16. The molecule has 0 amide bonds. The van der Waals surface area contributed by atoms with Crippen molar-refractivity contribution in [1.29, 1.82) is 0 Å². The molecule has 1 N–H and O–H groups in total. The molecule has 3 nitrogen and oxygen atoms in total. The van der Waals surface area contributed by atoms with Crippen LogP contribution in [-0.2, 0) is 13.0 Å². The lowest BCUT2D eigenvalue weighted by molar-refractivity contribution is 0.308. The zero-order valence-corrected chi connectivity index (χ0v) is 12.3. The maximum atomic E-state index is 4.60. The maximum Gasteiger partial charge on any atom is 0.0628 e. The van der Waals surface area contributed by atoms with E-state index in [2.05, 4.69) is 42.8 Å². The van der Waals surface area contributed by atoms with Gasteiger partial charge in [-0.25, -0.2) is 0 Å². The Morgan fingerprint density at radius 3 is 2.78 bits per heavy atom. The van der Waals surface area contributed by atoms with Gasteiger partial charge in [0.2, 0.25) is 0 Å². The van der Waals surface area contributed by atoms with Crippen molar-refractivity contribution in [3.63, 3.8) is 0 Å². The molecule has 1 aromatic heterocycles. The van der Waals surface area contributed by atoms with Gasteiger partial charge in [0.15, 0.2) is 0 Å². The average molecular weight is 249 g/mol. The fourth-order valence-corrected chi connectivity index (χ4v) is 3.16. The maximum absolute atomic E-state index is 4.60. The average Bonchev–Trinajstić information content (AvgIpc) is 2.62. The van der Waals surface area contributed by atoms with Crippen LogP contribution in [0.4, 0.5) is 0 Å². The van der Waals surface area contributed by atoms with Crippen LogP contribution in [0.5, 0.6) is 0 Å². The highest BCUT2D eigenvalue weighted by atomic mass is 15.3. The number of rotatable bonds is 4. The predicted molar refractivity (Wildman–Crippen MR) is 75.9 cm³/mol. The second-order valence-corrected chi connectivity index (χ2v) is 5.78. The molecular weight excluding hydrogens is 222 g/mol. The van der Waals surface area contributed by atoms with Crippen LogP contribution in [0.3, 0.4) is 0 Å². The first kappa shape index (κ1) is 13.6. The number of hydrogen-bond acceptors (Lipinski definition) is 2. The van der Waals surface area contributed by atoms with E-state index in [-0.39, 0.29) is 0 Å². The van der Waals surface area contributed by atoms with Crippen LogP contribution in [0.15, 0.2) is 0 Å². The van der Waals surface area contributed by atoms with E-state index in [1.807, 2.05) is 0 Å². The van der Waals surface area contributed by atoms with Crippen LogP contribution in [0.2, 0.25) is 0 Å². The van der Waals surface area contributed by atoms with E-state index < -0.39 is 0 Å². The molecule has 0 aliphatic carbocycles. The molecule has 1 aliphatic rings. The van der Waals surface area contributed by atoms with Gasteiger partial charge in [-0.15, -0.1) is 0 Å². The molecule has 18 heavy (non-hydrogen) atoms. The molecule has 0 aromatic carbocycles. The van der Waals surface area contributed by atoms with Gasteiger partial charge in [0, 0.05) is 18.3 Å². The van der Waals surface area contributed by atoms with E-state index >= 15 is 0 Å². The van der Waals surface area contributed by atoms with Crippen LogP contribution in [-0.4, -0.2) is 22.4 Å². The normalized spacial score (nSPS) is 24.4. The summed E-state index contributed by atoms with van der Waals surface area (Å²) in [6, 6.07) is 0.706. The molecule has 2 atom stereocenters. The Morgan fingerprint density at radius 2 is 2.17 bits per heavy atom. The van der Waals surface area contributed by atoms with Crippen molar-refractivity contribution >= 4 is 0 Å². The smallest absolute Gasteiger partial charge is 0.0628 e. The van der Waals surface area contributed by atoms with Gasteiger partial charge < -0.3 is 5.32 Å². The largest absolute Gasteiger partial charge is 0.314 e. The van der Waals surface area contributed by atoms with E-state index in [0.29, 0.717) is 6.04 Å². The van der Waals surface area contributed by atoms with Gasteiger partial charge in [-0.2, -0.15) is 5.10 Å². The minimum Gasteiger partial charge on any atom is -0.314 e. The summed E-state index contributed by atoms with van der Waals surface area (Å²) in [5.74, 6) is 0.886. The Balaban J connectivity index is 1.95. The summed E-state index contributed by atoms with van der Waals surface area (Å²) in [5, 5.41) is 8.26. The molecular formula is C15H27N3. The summed E-state index contributed by atoms with van der Waals surface area (Å²) in [6.07, 6.45) is 5.09. The number of aryl methyl sites for hydroxylation is 2. The lowest BCUT2D eigenvalue weighted by Gasteiger charge is -2.28. The van der Waals surface area contributed by atoms with Crippen molar-refractivity contribution in [3.05, 3.63) is 17.0 Å². The van der Waals surface area contributed by atoms with E-state index in [0.717, 1.165) is 12.5 Å². The Kier molecular flexibility index (Phi) is 4.44. The Hall–Kier alpha value is -0.830. The number of aromatic nitrogens is 2. The van der Waals surface area contributed by atoms with E-state index in [4.69, 9.17) is 0 Å². The summed E-state index contributed by atoms with van der Waals surface area (Å²) >= 11 is 0. The molecule has 0 radical (unpaired) electrons. The molecule has 0 saturated carbocycles. The summed E-state index contributed by atoms with van der Waals surface area (Å²) in [5.41, 5.74) is 4.05. The van der Waals surface area contributed by atoms with Crippen LogP contribution in [0, 0.1) is 19.8 Å². The van der Waals surface area contributed by atoms with Crippen molar-refractivity contribution in [2.45, 2.75) is 66.0 Å². The van der Waals surface area contributed by atoms with E-state index in [9.17, 15) is 0 Å². The van der Waals surface area contributed by atoms with Gasteiger partial charge in [0.05, 0.1) is 5.69 Å². The number of nitrogens with one attached hydrogen (secondary N) is 1. The molecule has 1 fully saturated rings. The molecule has 2 heterocycles. The Bertz CT molecular complexity index is 395. The van der Waals surface area contributed by atoms with Crippen molar-refractivity contribution in [2.24, 2.45) is 5.92 Å². The minimum atomic E-state index is 0.706. The lowest BCUT2D eigenvalue weighted by Crippen LogP contribution is -2.37. The second kappa shape index (κ2) is 5.87. The van der Waals surface area contributed by atoms with Crippen molar-refractivity contribution in [3.8, 4) is 0 Å². The van der Waals surface area contributed by atoms with Gasteiger partial charge >= 0.3 is 0 Å². The molecule has 0 spiro atoms. The molecule has 2 unspecified atom stereocenters. The number of nitrogens with zero attached hydrogens (tertiary/aromatic N) is 2. The molecule has 1 saturated heterocycles. The highest BCUT2D eigenvalue weighted by Gasteiger charge is 2.19. The number of piperidine rings is 1. The fraction of sp³-hybridized carbons (Fsp3) is 0.800. The Morgan fingerprint density at radius 1 is 1.39 bits per heavy atom. The quantitative estimate of drug-likeness (QED) is 0.889. The number of hydrogen-bond donors (Lipinski definition) is 1. The third-order valence-electron chi connectivity index (χ3n) is 4.33. The topological polar surface area (TPSA) is 29.9 Å². The van der Waals surface area contributed by atoms with Gasteiger partial charge in [-0.05, 0) is 64.5 Å². The van der Waals surface area contributed by atoms with Gasteiger partial charge in [0.1, 0.15) is 0 Å². The molecule has 3 heteroatoms. The zero-order chi connectivity index (χ0) is 13.1.